The maximum Gasteiger partial charge on any atom is 0.273 e. The van der Waals surface area contributed by atoms with Crippen LogP contribution in [0.3, 0.4) is 0 Å². The third-order valence-corrected chi connectivity index (χ3v) is 5.18. The second-order valence-corrected chi connectivity index (χ2v) is 7.43. The average molecular weight is 394 g/mol. The van der Waals surface area contributed by atoms with Crippen LogP contribution in [0.1, 0.15) is 30.2 Å². The molecule has 0 saturated heterocycles. The summed E-state index contributed by atoms with van der Waals surface area (Å²) in [5.41, 5.74) is 0.727. The third-order valence-electron chi connectivity index (χ3n) is 4.32. The number of nitrogens with one attached hydrogen (secondary N) is 1. The van der Waals surface area contributed by atoms with E-state index in [0.717, 1.165) is 0 Å². The van der Waals surface area contributed by atoms with E-state index in [0.29, 0.717) is 33.2 Å². The molecule has 8 heteroatoms. The number of aromatic amines is 1. The maximum absolute atomic E-state index is 13.0. The van der Waals surface area contributed by atoms with Gasteiger partial charge in [0.15, 0.2) is 10.8 Å². The smallest absolute Gasteiger partial charge is 0.273 e. The van der Waals surface area contributed by atoms with Crippen LogP contribution in [0, 0.1) is 0 Å². The fraction of sp³-hybridized carbons (Fsp3) is 0.200. The van der Waals surface area contributed by atoms with Gasteiger partial charge in [0.2, 0.25) is 0 Å². The fourth-order valence-corrected chi connectivity index (χ4v) is 3.65. The molecule has 0 aliphatic heterocycles. The van der Waals surface area contributed by atoms with Crippen molar-refractivity contribution in [2.24, 2.45) is 0 Å². The summed E-state index contributed by atoms with van der Waals surface area (Å²) in [4.78, 5) is 38.7. The summed E-state index contributed by atoms with van der Waals surface area (Å²) in [5.74, 6) is 0.841. The van der Waals surface area contributed by atoms with Gasteiger partial charge in [-0.15, -0.1) is 11.3 Å². The van der Waals surface area contributed by atoms with Crippen LogP contribution in [0.25, 0.3) is 21.7 Å². The number of carbonyl (C=O) groups excluding carboxylic acids is 1. The van der Waals surface area contributed by atoms with Crippen molar-refractivity contribution >= 4 is 28.1 Å². The van der Waals surface area contributed by atoms with E-state index in [1.54, 1.807) is 46.9 Å². The van der Waals surface area contributed by atoms with Crippen LogP contribution >= 0.6 is 11.3 Å². The van der Waals surface area contributed by atoms with E-state index in [9.17, 15) is 9.59 Å². The number of H-pyrrole nitrogens is 1. The van der Waals surface area contributed by atoms with Gasteiger partial charge in [0.05, 0.1) is 23.7 Å². The van der Waals surface area contributed by atoms with Crippen LogP contribution in [0.5, 0.6) is 0 Å². The Kier molecular flexibility index (Phi) is 4.79. The number of para-hydroxylation sites is 1. The van der Waals surface area contributed by atoms with Gasteiger partial charge in [-0.2, -0.15) is 0 Å². The highest BCUT2D eigenvalue weighted by Crippen LogP contribution is 2.25. The molecule has 3 heterocycles. The SMILES string of the molecule is CC(C)N(Cc1nc2ccccc2c(=O)[nH]1)C(=O)c1csc(-c2ccco2)n1. The minimum Gasteiger partial charge on any atom is -0.462 e. The minimum absolute atomic E-state index is 0.0990. The van der Waals surface area contributed by atoms with E-state index in [1.165, 1.54) is 11.3 Å². The van der Waals surface area contributed by atoms with E-state index in [4.69, 9.17) is 4.42 Å². The molecule has 7 nitrogen and oxygen atoms in total. The fourth-order valence-electron chi connectivity index (χ4n) is 2.89. The highest BCUT2D eigenvalue weighted by molar-refractivity contribution is 7.13. The Labute approximate surface area is 164 Å². The zero-order valence-corrected chi connectivity index (χ0v) is 16.2. The molecule has 28 heavy (non-hydrogen) atoms. The van der Waals surface area contributed by atoms with Crippen molar-refractivity contribution in [2.75, 3.05) is 0 Å². The molecule has 142 valence electrons. The molecule has 0 bridgehead atoms. The third kappa shape index (κ3) is 3.46. The van der Waals surface area contributed by atoms with Gasteiger partial charge in [0, 0.05) is 11.4 Å². The van der Waals surface area contributed by atoms with Gasteiger partial charge >= 0.3 is 0 Å². The number of furan rings is 1. The molecular formula is C20H18N4O3S. The zero-order chi connectivity index (χ0) is 19.7. The summed E-state index contributed by atoms with van der Waals surface area (Å²) in [6.07, 6.45) is 1.57. The van der Waals surface area contributed by atoms with Gasteiger partial charge < -0.3 is 14.3 Å². The first-order valence-corrected chi connectivity index (χ1v) is 9.69. The van der Waals surface area contributed by atoms with E-state index in [2.05, 4.69) is 15.0 Å². The van der Waals surface area contributed by atoms with Gasteiger partial charge in [0.25, 0.3) is 11.5 Å². The van der Waals surface area contributed by atoms with Gasteiger partial charge in [-0.05, 0) is 38.1 Å². The van der Waals surface area contributed by atoms with Crippen LogP contribution in [0.2, 0.25) is 0 Å². The van der Waals surface area contributed by atoms with Crippen LogP contribution in [0.15, 0.2) is 57.3 Å². The lowest BCUT2D eigenvalue weighted by Gasteiger charge is -2.25. The number of fused-ring (bicyclic) bond motifs is 1. The number of hydrogen-bond acceptors (Lipinski definition) is 6. The summed E-state index contributed by atoms with van der Waals surface area (Å²) in [6.45, 7) is 4.01. The highest BCUT2D eigenvalue weighted by Gasteiger charge is 2.23. The minimum atomic E-state index is -0.222. The number of thiazole rings is 1. The predicted octanol–water partition coefficient (Wildman–Crippen LogP) is 3.69. The Bertz CT molecular complexity index is 1180. The van der Waals surface area contributed by atoms with Crippen molar-refractivity contribution in [3.8, 4) is 10.8 Å². The van der Waals surface area contributed by atoms with E-state index >= 15 is 0 Å². The molecule has 1 N–H and O–H groups in total. The monoisotopic (exact) mass is 394 g/mol. The van der Waals surface area contributed by atoms with Gasteiger partial charge in [-0.1, -0.05) is 12.1 Å². The summed E-state index contributed by atoms with van der Waals surface area (Å²) in [5, 5.41) is 2.89. The van der Waals surface area contributed by atoms with Crippen molar-refractivity contribution in [3.63, 3.8) is 0 Å². The Hall–Kier alpha value is -3.26. The van der Waals surface area contributed by atoms with Crippen molar-refractivity contribution in [2.45, 2.75) is 26.4 Å². The molecule has 4 rings (SSSR count). The maximum atomic E-state index is 13.0. The topological polar surface area (TPSA) is 92.1 Å². The molecule has 0 saturated carbocycles. The molecule has 4 aromatic rings. The summed E-state index contributed by atoms with van der Waals surface area (Å²) >= 11 is 1.35. The van der Waals surface area contributed by atoms with Gasteiger partial charge in [0.1, 0.15) is 11.5 Å². The standard InChI is InChI=1S/C20H18N4O3S/c1-12(2)24(10-17-21-14-7-4-3-6-13(14)18(25)23-17)20(26)15-11-28-19(22-15)16-8-5-9-27-16/h3-9,11-12H,10H2,1-2H3,(H,21,23,25). The highest BCUT2D eigenvalue weighted by atomic mass is 32.1. The number of amides is 1. The average Bonchev–Trinajstić information content (AvgIpc) is 3.37. The first-order valence-electron chi connectivity index (χ1n) is 8.81. The summed E-state index contributed by atoms with van der Waals surface area (Å²) in [6, 6.07) is 10.6. The number of benzene rings is 1. The van der Waals surface area contributed by atoms with Gasteiger partial charge in [-0.25, -0.2) is 9.97 Å². The van der Waals surface area contributed by atoms with Crippen molar-refractivity contribution in [3.05, 3.63) is 69.9 Å². The molecule has 0 unspecified atom stereocenters. The second kappa shape index (κ2) is 7.40. The van der Waals surface area contributed by atoms with Crippen LogP contribution < -0.4 is 5.56 Å². The number of hydrogen-bond donors (Lipinski definition) is 1. The predicted molar refractivity (Wildman–Crippen MR) is 107 cm³/mol. The van der Waals surface area contributed by atoms with Crippen LogP contribution in [0.4, 0.5) is 0 Å². The summed E-state index contributed by atoms with van der Waals surface area (Å²) < 4.78 is 5.34. The molecular weight excluding hydrogens is 376 g/mol. The lowest BCUT2D eigenvalue weighted by molar-refractivity contribution is 0.0680. The molecule has 0 spiro atoms. The molecule has 0 fully saturated rings. The molecule has 0 radical (unpaired) electrons. The first kappa shape index (κ1) is 18.1. The molecule has 3 aromatic heterocycles. The van der Waals surface area contributed by atoms with E-state index in [-0.39, 0.29) is 24.1 Å². The number of aromatic nitrogens is 3. The Morgan fingerprint density at radius 1 is 1.21 bits per heavy atom. The van der Waals surface area contributed by atoms with Crippen LogP contribution in [-0.2, 0) is 6.54 Å². The lowest BCUT2D eigenvalue weighted by atomic mass is 10.2. The van der Waals surface area contributed by atoms with Crippen LogP contribution in [-0.4, -0.2) is 31.8 Å². The molecule has 1 aromatic carbocycles. The second-order valence-electron chi connectivity index (χ2n) is 6.57. The molecule has 0 aliphatic carbocycles. The normalized spacial score (nSPS) is 11.2. The first-order chi connectivity index (χ1) is 13.5. The number of nitrogens with zero attached hydrogens (tertiary/aromatic N) is 3. The number of rotatable bonds is 5. The van der Waals surface area contributed by atoms with Crippen molar-refractivity contribution in [1.82, 2.24) is 19.9 Å². The van der Waals surface area contributed by atoms with E-state index in [1.807, 2.05) is 19.9 Å². The molecule has 0 atom stereocenters. The lowest BCUT2D eigenvalue weighted by Crippen LogP contribution is -2.37. The Morgan fingerprint density at radius 3 is 2.79 bits per heavy atom. The van der Waals surface area contributed by atoms with E-state index < -0.39 is 0 Å². The Morgan fingerprint density at radius 2 is 2.04 bits per heavy atom. The largest absolute Gasteiger partial charge is 0.462 e. The number of carbonyl (C=O) groups is 1. The quantitative estimate of drug-likeness (QED) is 0.557. The summed E-state index contributed by atoms with van der Waals surface area (Å²) in [7, 11) is 0. The molecule has 0 aliphatic rings. The van der Waals surface area contributed by atoms with Crippen molar-refractivity contribution < 1.29 is 9.21 Å². The van der Waals surface area contributed by atoms with Gasteiger partial charge in [-0.3, -0.25) is 9.59 Å². The molecule has 1 amide bonds. The van der Waals surface area contributed by atoms with Crippen molar-refractivity contribution in [1.29, 1.82) is 0 Å². The Balaban J connectivity index is 1.63. The zero-order valence-electron chi connectivity index (χ0n) is 15.4.